The summed E-state index contributed by atoms with van der Waals surface area (Å²) in [6.07, 6.45) is -1.77. The van der Waals surface area contributed by atoms with E-state index in [1.807, 2.05) is 0 Å². The van der Waals surface area contributed by atoms with Crippen LogP contribution in [0.4, 0.5) is 0 Å². The van der Waals surface area contributed by atoms with E-state index in [9.17, 15) is 14.7 Å². The van der Waals surface area contributed by atoms with Crippen molar-refractivity contribution in [3.8, 4) is 0 Å². The van der Waals surface area contributed by atoms with Crippen LogP contribution in [0.25, 0.3) is 0 Å². The number of carbonyl (C=O) groups excluding carboxylic acids is 1. The molecule has 0 aliphatic heterocycles. The topological polar surface area (TPSA) is 74.6 Å². The fourth-order valence-corrected chi connectivity index (χ4v) is 1.82. The summed E-state index contributed by atoms with van der Waals surface area (Å²) < 4.78 is 0. The highest BCUT2D eigenvalue weighted by molar-refractivity contribution is 7.80. The molecule has 2 N–H and O–H groups in total. The molecule has 0 aromatic heterocycles. The Balaban J connectivity index is 3.36. The van der Waals surface area contributed by atoms with E-state index in [2.05, 4.69) is 12.6 Å². The number of aliphatic hydroxyl groups is 1. The molecule has 2 unspecified atom stereocenters. The van der Waals surface area contributed by atoms with Crippen molar-refractivity contribution in [2.75, 3.05) is 0 Å². The fourth-order valence-electron chi connectivity index (χ4n) is 1.39. The van der Waals surface area contributed by atoms with Crippen LogP contribution in [0.3, 0.4) is 0 Å². The lowest BCUT2D eigenvalue weighted by atomic mass is 9.97. The summed E-state index contributed by atoms with van der Waals surface area (Å²) >= 11 is 9.76. The molecule has 6 heteroatoms. The summed E-state index contributed by atoms with van der Waals surface area (Å²) in [4.78, 5) is 22.9. The first-order valence-corrected chi connectivity index (χ1v) is 5.65. The molecule has 0 saturated carbocycles. The first-order chi connectivity index (χ1) is 7.86. The number of alkyl halides is 1. The number of thiol groups is 1. The van der Waals surface area contributed by atoms with E-state index in [-0.39, 0.29) is 11.1 Å². The largest absolute Gasteiger partial charge is 0.479 e. The Bertz CT molecular complexity index is 459. The Hall–Kier alpha value is -1.04. The maximum Gasteiger partial charge on any atom is 0.337 e. The smallest absolute Gasteiger partial charge is 0.337 e. The van der Waals surface area contributed by atoms with E-state index >= 15 is 0 Å². The van der Waals surface area contributed by atoms with Crippen LogP contribution in [0.5, 0.6) is 0 Å². The molecule has 0 fully saturated rings. The van der Waals surface area contributed by atoms with Crippen LogP contribution in [0.2, 0.25) is 0 Å². The number of Topliss-reactive ketones (excluding diaryl/α,β-unsaturated/α-hetero) is 1. The van der Waals surface area contributed by atoms with Crippen LogP contribution in [0.1, 0.15) is 28.9 Å². The maximum atomic E-state index is 11.8. The van der Waals surface area contributed by atoms with E-state index in [1.165, 1.54) is 25.1 Å². The predicted octanol–water partition coefficient (Wildman–Crippen LogP) is 1.90. The minimum Gasteiger partial charge on any atom is -0.479 e. The third kappa shape index (κ3) is 3.00. The Morgan fingerprint density at radius 2 is 2.00 bits per heavy atom. The van der Waals surface area contributed by atoms with Gasteiger partial charge in [-0.3, -0.25) is 4.79 Å². The highest BCUT2D eigenvalue weighted by Crippen LogP contribution is 2.26. The van der Waals surface area contributed by atoms with Gasteiger partial charge < -0.3 is 10.2 Å². The lowest BCUT2D eigenvalue weighted by Crippen LogP contribution is -2.19. The molecule has 1 aromatic rings. The lowest BCUT2D eigenvalue weighted by molar-refractivity contribution is -0.146. The van der Waals surface area contributed by atoms with Crippen LogP contribution in [0, 0.1) is 0 Å². The number of carboxylic acid groups (broad SMARTS) is 1. The van der Waals surface area contributed by atoms with Gasteiger partial charge in [0.2, 0.25) is 0 Å². The van der Waals surface area contributed by atoms with Crippen molar-refractivity contribution in [1.82, 2.24) is 0 Å². The van der Waals surface area contributed by atoms with E-state index < -0.39 is 23.2 Å². The number of ketones is 1. The van der Waals surface area contributed by atoms with Crippen molar-refractivity contribution in [3.05, 3.63) is 29.3 Å². The fraction of sp³-hybridized carbons (Fsp3) is 0.273. The quantitative estimate of drug-likeness (QED) is 0.445. The molecule has 0 heterocycles. The van der Waals surface area contributed by atoms with Gasteiger partial charge in [-0.05, 0) is 13.0 Å². The Morgan fingerprint density at radius 3 is 2.47 bits per heavy atom. The van der Waals surface area contributed by atoms with Gasteiger partial charge in [0.25, 0.3) is 0 Å². The number of aliphatic carboxylic acids is 1. The third-order valence-electron chi connectivity index (χ3n) is 2.21. The molecular formula is C11H11ClO4S. The average molecular weight is 275 g/mol. The Morgan fingerprint density at radius 1 is 1.41 bits per heavy atom. The van der Waals surface area contributed by atoms with E-state index in [1.54, 1.807) is 0 Å². The van der Waals surface area contributed by atoms with Gasteiger partial charge in [-0.25, -0.2) is 4.79 Å². The van der Waals surface area contributed by atoms with Crippen molar-refractivity contribution in [2.45, 2.75) is 23.3 Å². The molecular weight excluding hydrogens is 264 g/mol. The predicted molar refractivity (Wildman–Crippen MR) is 65.9 cm³/mol. The van der Waals surface area contributed by atoms with Crippen LogP contribution < -0.4 is 0 Å². The molecule has 0 aliphatic rings. The van der Waals surface area contributed by atoms with Gasteiger partial charge in [-0.1, -0.05) is 12.1 Å². The molecule has 0 amide bonds. The van der Waals surface area contributed by atoms with Crippen LogP contribution in [-0.4, -0.2) is 27.3 Å². The second-order valence-electron chi connectivity index (χ2n) is 3.46. The number of rotatable bonds is 4. The van der Waals surface area contributed by atoms with Crippen LogP contribution >= 0.6 is 24.2 Å². The number of hydrogen-bond acceptors (Lipinski definition) is 4. The normalized spacial score (nSPS) is 14.1. The first kappa shape index (κ1) is 14.0. The molecule has 0 aliphatic carbocycles. The molecule has 17 heavy (non-hydrogen) atoms. The second-order valence-corrected chi connectivity index (χ2v) is 4.60. The minimum absolute atomic E-state index is 0.00231. The highest BCUT2D eigenvalue weighted by atomic mass is 35.5. The molecule has 92 valence electrons. The number of benzene rings is 1. The standard InChI is InChI=1S/C11H11ClO4S/c1-5(12)9(13)8-6(10(14)11(15)16)3-2-4-7(8)17/h2-5,10,14,17H,1H3,(H,15,16). The van der Waals surface area contributed by atoms with E-state index in [4.69, 9.17) is 16.7 Å². The lowest BCUT2D eigenvalue weighted by Gasteiger charge is -2.14. The van der Waals surface area contributed by atoms with Crippen molar-refractivity contribution in [1.29, 1.82) is 0 Å². The zero-order chi connectivity index (χ0) is 13.2. The maximum absolute atomic E-state index is 11.8. The van der Waals surface area contributed by atoms with Crippen LogP contribution in [0.15, 0.2) is 23.1 Å². The summed E-state index contributed by atoms with van der Waals surface area (Å²) in [5, 5.41) is 17.4. The van der Waals surface area contributed by atoms with Crippen molar-refractivity contribution in [3.63, 3.8) is 0 Å². The Kier molecular flexibility index (Phi) is 4.56. The summed E-state index contributed by atoms with van der Waals surface area (Å²) in [5.41, 5.74) is 0.0516. The second kappa shape index (κ2) is 5.53. The summed E-state index contributed by atoms with van der Waals surface area (Å²) in [5.74, 6) is -1.90. The Labute approximate surface area is 109 Å². The van der Waals surface area contributed by atoms with Crippen molar-refractivity contribution < 1.29 is 19.8 Å². The van der Waals surface area contributed by atoms with Gasteiger partial charge in [0, 0.05) is 16.0 Å². The number of carboxylic acids is 1. The number of aliphatic hydroxyl groups excluding tert-OH is 1. The summed E-state index contributed by atoms with van der Waals surface area (Å²) in [7, 11) is 0. The van der Waals surface area contributed by atoms with Gasteiger partial charge in [0.1, 0.15) is 0 Å². The third-order valence-corrected chi connectivity index (χ3v) is 2.78. The molecule has 0 spiro atoms. The van der Waals surface area contributed by atoms with Crippen LogP contribution in [-0.2, 0) is 4.79 Å². The molecule has 0 radical (unpaired) electrons. The SMILES string of the molecule is CC(Cl)C(=O)c1c(S)cccc1C(O)C(=O)O. The molecule has 0 saturated heterocycles. The zero-order valence-electron chi connectivity index (χ0n) is 8.92. The van der Waals surface area contributed by atoms with E-state index in [0.717, 1.165) is 0 Å². The molecule has 0 bridgehead atoms. The van der Waals surface area contributed by atoms with Gasteiger partial charge in [0.15, 0.2) is 11.9 Å². The monoisotopic (exact) mass is 274 g/mol. The average Bonchev–Trinajstić information content (AvgIpc) is 2.26. The van der Waals surface area contributed by atoms with Gasteiger partial charge >= 0.3 is 5.97 Å². The van der Waals surface area contributed by atoms with Crippen molar-refractivity contribution >= 4 is 36.0 Å². The summed E-state index contributed by atoms with van der Waals surface area (Å²) in [6.45, 7) is 1.47. The van der Waals surface area contributed by atoms with E-state index in [0.29, 0.717) is 4.90 Å². The van der Waals surface area contributed by atoms with Gasteiger partial charge in [-0.15, -0.1) is 24.2 Å². The van der Waals surface area contributed by atoms with Crippen molar-refractivity contribution in [2.24, 2.45) is 0 Å². The first-order valence-electron chi connectivity index (χ1n) is 4.77. The molecule has 4 nitrogen and oxygen atoms in total. The minimum atomic E-state index is -1.77. The van der Waals surface area contributed by atoms with Gasteiger partial charge in [0.05, 0.1) is 5.38 Å². The number of hydrogen-bond donors (Lipinski definition) is 3. The number of carbonyl (C=O) groups is 2. The zero-order valence-corrected chi connectivity index (χ0v) is 10.6. The molecule has 2 atom stereocenters. The highest BCUT2D eigenvalue weighted by Gasteiger charge is 2.26. The summed E-state index contributed by atoms with van der Waals surface area (Å²) in [6, 6.07) is 4.41. The molecule has 1 rings (SSSR count). The molecule has 1 aromatic carbocycles. The number of halogens is 1. The van der Waals surface area contributed by atoms with Gasteiger partial charge in [-0.2, -0.15) is 0 Å².